The Kier molecular flexibility index (Phi) is 7.77. The second kappa shape index (κ2) is 10.9. The van der Waals surface area contributed by atoms with Gasteiger partial charge in [0.2, 0.25) is 26.0 Å². The highest BCUT2D eigenvalue weighted by Gasteiger charge is 2.30. The van der Waals surface area contributed by atoms with Crippen molar-refractivity contribution < 1.29 is 21.6 Å². The molecule has 14 nitrogen and oxygen atoms in total. The van der Waals surface area contributed by atoms with Crippen LogP contribution >= 0.6 is 0 Å². The molecule has 4 rings (SSSR count). The molecule has 16 heteroatoms. The summed E-state index contributed by atoms with van der Waals surface area (Å²) in [6.07, 6.45) is 2.24. The van der Waals surface area contributed by atoms with E-state index in [1.807, 2.05) is 11.0 Å². The van der Waals surface area contributed by atoms with Crippen LogP contribution in [-0.4, -0.2) is 86.7 Å². The molecule has 0 atom stereocenters. The standard InChI is InChI=1S/C23H25N9O5S2/c1-16-14-18(15-24)28-23(26-16)31-10-12-32(13-11-31)39(36,37)19-6-4-17(5-7-19)27-22(33)20-8-9-25-29-21(20)30(2)38(3,34)35/h4-9,14H,10-13H2,1-3H3,(H,27,33). The number of amides is 1. The maximum Gasteiger partial charge on any atom is 0.259 e. The van der Waals surface area contributed by atoms with Gasteiger partial charge in [-0.2, -0.15) is 14.7 Å². The average Bonchev–Trinajstić information content (AvgIpc) is 2.92. The molecule has 2 aromatic heterocycles. The minimum Gasteiger partial charge on any atom is -0.338 e. The molecular formula is C23H25N9O5S2. The molecule has 0 bridgehead atoms. The van der Waals surface area contributed by atoms with Gasteiger partial charge in [-0.1, -0.05) is 0 Å². The number of aromatic nitrogens is 4. The van der Waals surface area contributed by atoms with Crippen LogP contribution in [0.3, 0.4) is 0 Å². The predicted octanol–water partition coefficient (Wildman–Crippen LogP) is 0.606. The topological polar surface area (TPSA) is 182 Å². The van der Waals surface area contributed by atoms with E-state index in [4.69, 9.17) is 5.26 Å². The van der Waals surface area contributed by atoms with Crippen molar-refractivity contribution in [2.45, 2.75) is 11.8 Å². The number of benzene rings is 1. The summed E-state index contributed by atoms with van der Waals surface area (Å²) in [5, 5.41) is 19.2. The van der Waals surface area contributed by atoms with Crippen LogP contribution in [0.15, 0.2) is 47.5 Å². The van der Waals surface area contributed by atoms with Crippen LogP contribution in [0.2, 0.25) is 0 Å². The van der Waals surface area contributed by atoms with Gasteiger partial charge in [0.15, 0.2) is 5.82 Å². The Balaban J connectivity index is 1.44. The number of piperazine rings is 1. The van der Waals surface area contributed by atoms with E-state index in [1.54, 1.807) is 13.0 Å². The smallest absolute Gasteiger partial charge is 0.259 e. The first-order valence-electron chi connectivity index (χ1n) is 11.6. The number of rotatable bonds is 7. The summed E-state index contributed by atoms with van der Waals surface area (Å²) >= 11 is 0. The van der Waals surface area contributed by atoms with Gasteiger partial charge in [-0.3, -0.25) is 9.10 Å². The van der Waals surface area contributed by atoms with Crippen molar-refractivity contribution in [3.63, 3.8) is 0 Å². The molecule has 1 aliphatic heterocycles. The molecule has 0 radical (unpaired) electrons. The van der Waals surface area contributed by atoms with E-state index >= 15 is 0 Å². The summed E-state index contributed by atoms with van der Waals surface area (Å²) in [6, 6.07) is 10.6. The normalized spacial score (nSPS) is 14.5. The fourth-order valence-electron chi connectivity index (χ4n) is 3.83. The quantitative estimate of drug-likeness (QED) is 0.419. The fourth-order valence-corrected chi connectivity index (χ4v) is 5.70. The van der Waals surface area contributed by atoms with Crippen molar-refractivity contribution in [2.24, 2.45) is 0 Å². The van der Waals surface area contributed by atoms with E-state index in [1.165, 1.54) is 47.9 Å². The van der Waals surface area contributed by atoms with Crippen molar-refractivity contribution in [1.29, 1.82) is 5.26 Å². The van der Waals surface area contributed by atoms with E-state index in [-0.39, 0.29) is 35.1 Å². The third-order valence-corrected chi connectivity index (χ3v) is 9.05. The molecule has 1 aliphatic rings. The molecule has 1 fully saturated rings. The van der Waals surface area contributed by atoms with E-state index in [9.17, 15) is 21.6 Å². The van der Waals surface area contributed by atoms with E-state index in [0.717, 1.165) is 10.6 Å². The molecule has 3 heterocycles. The van der Waals surface area contributed by atoms with Crippen molar-refractivity contribution in [2.75, 3.05) is 54.0 Å². The second-order valence-corrected chi connectivity index (χ2v) is 12.6. The number of carbonyl (C=O) groups excluding carboxylic acids is 1. The molecule has 1 N–H and O–H groups in total. The summed E-state index contributed by atoms with van der Waals surface area (Å²) < 4.78 is 52.4. The van der Waals surface area contributed by atoms with Gasteiger partial charge in [-0.25, -0.2) is 26.8 Å². The van der Waals surface area contributed by atoms with Crippen LogP contribution in [0.5, 0.6) is 0 Å². The van der Waals surface area contributed by atoms with Crippen LogP contribution in [0, 0.1) is 18.3 Å². The number of aryl methyl sites for hydroxylation is 1. The molecule has 204 valence electrons. The van der Waals surface area contributed by atoms with Crippen LogP contribution < -0.4 is 14.5 Å². The summed E-state index contributed by atoms with van der Waals surface area (Å²) in [5.41, 5.74) is 1.18. The van der Waals surface area contributed by atoms with E-state index in [0.29, 0.717) is 30.4 Å². The second-order valence-electron chi connectivity index (χ2n) is 8.67. The van der Waals surface area contributed by atoms with E-state index < -0.39 is 26.0 Å². The Hall–Kier alpha value is -4.20. The van der Waals surface area contributed by atoms with E-state index in [2.05, 4.69) is 25.5 Å². The number of anilines is 3. The maximum absolute atomic E-state index is 13.2. The van der Waals surface area contributed by atoms with Crippen LogP contribution in [0.4, 0.5) is 17.5 Å². The van der Waals surface area contributed by atoms with Crippen LogP contribution in [-0.2, 0) is 20.0 Å². The first kappa shape index (κ1) is 27.8. The number of nitrogens with one attached hydrogen (secondary N) is 1. The van der Waals surface area contributed by atoms with Gasteiger partial charge in [-0.05, 0) is 43.3 Å². The lowest BCUT2D eigenvalue weighted by molar-refractivity contribution is 0.102. The SMILES string of the molecule is Cc1cc(C#N)nc(N2CCN(S(=O)(=O)c3ccc(NC(=O)c4ccnnc4N(C)S(C)(=O)=O)cc3)CC2)n1. The molecule has 3 aromatic rings. The lowest BCUT2D eigenvalue weighted by Gasteiger charge is -2.34. The highest BCUT2D eigenvalue weighted by atomic mass is 32.2. The first-order valence-corrected chi connectivity index (χ1v) is 14.9. The number of carbonyl (C=O) groups is 1. The number of sulfonamides is 2. The zero-order valence-electron chi connectivity index (χ0n) is 21.3. The third-order valence-electron chi connectivity index (χ3n) is 5.97. The molecule has 0 aliphatic carbocycles. The largest absolute Gasteiger partial charge is 0.338 e. The number of nitriles is 1. The van der Waals surface area contributed by atoms with Gasteiger partial charge in [-0.15, -0.1) is 5.10 Å². The van der Waals surface area contributed by atoms with Crippen molar-refractivity contribution >= 4 is 43.4 Å². The van der Waals surface area contributed by atoms with Crippen molar-refractivity contribution in [1.82, 2.24) is 24.5 Å². The number of hydrogen-bond acceptors (Lipinski definition) is 11. The molecule has 39 heavy (non-hydrogen) atoms. The number of hydrogen-bond donors (Lipinski definition) is 1. The fraction of sp³-hybridized carbons (Fsp3) is 0.304. The van der Waals surface area contributed by atoms with Crippen molar-refractivity contribution in [3.8, 4) is 6.07 Å². The summed E-state index contributed by atoms with van der Waals surface area (Å²) in [6.45, 7) is 2.87. The minimum atomic E-state index is -3.81. The zero-order valence-corrected chi connectivity index (χ0v) is 22.9. The lowest BCUT2D eigenvalue weighted by Crippen LogP contribution is -2.49. The van der Waals surface area contributed by atoms with Gasteiger partial charge < -0.3 is 10.2 Å². The summed E-state index contributed by atoms with van der Waals surface area (Å²) in [5.74, 6) is -0.394. The molecule has 0 saturated carbocycles. The maximum atomic E-state index is 13.2. The van der Waals surface area contributed by atoms with Gasteiger partial charge in [0.1, 0.15) is 11.8 Å². The zero-order chi connectivity index (χ0) is 28.4. The highest BCUT2D eigenvalue weighted by molar-refractivity contribution is 7.92. The van der Waals surface area contributed by atoms with Gasteiger partial charge in [0.25, 0.3) is 5.91 Å². The Morgan fingerprint density at radius 3 is 2.33 bits per heavy atom. The molecule has 1 aromatic carbocycles. The Bertz CT molecular complexity index is 1650. The average molecular weight is 572 g/mol. The Labute approximate surface area is 226 Å². The molecular weight excluding hydrogens is 546 g/mol. The third kappa shape index (κ3) is 6.11. The Morgan fingerprint density at radius 2 is 1.72 bits per heavy atom. The van der Waals surface area contributed by atoms with Gasteiger partial charge in [0, 0.05) is 44.6 Å². The van der Waals surface area contributed by atoms with Crippen LogP contribution in [0.25, 0.3) is 0 Å². The molecule has 0 spiro atoms. The van der Waals surface area contributed by atoms with Crippen LogP contribution in [0.1, 0.15) is 21.7 Å². The Morgan fingerprint density at radius 1 is 1.05 bits per heavy atom. The highest BCUT2D eigenvalue weighted by Crippen LogP contribution is 2.23. The molecule has 0 unspecified atom stereocenters. The van der Waals surface area contributed by atoms with Gasteiger partial charge >= 0.3 is 0 Å². The minimum absolute atomic E-state index is 0.0213. The summed E-state index contributed by atoms with van der Waals surface area (Å²) in [4.78, 5) is 23.3. The number of nitrogens with zero attached hydrogens (tertiary/aromatic N) is 8. The summed E-state index contributed by atoms with van der Waals surface area (Å²) in [7, 11) is -6.24. The van der Waals surface area contributed by atoms with Gasteiger partial charge in [0.05, 0.1) is 22.9 Å². The lowest BCUT2D eigenvalue weighted by atomic mass is 10.2. The molecule has 1 saturated heterocycles. The first-order chi connectivity index (χ1) is 18.4. The monoisotopic (exact) mass is 571 g/mol. The molecule has 1 amide bonds. The predicted molar refractivity (Wildman–Crippen MR) is 142 cm³/mol. The van der Waals surface area contributed by atoms with Crippen molar-refractivity contribution in [3.05, 3.63) is 59.5 Å².